The Labute approximate surface area is 677 Å². The molecule has 5 aromatic rings. The molecule has 0 aliphatic carbocycles. The molecule has 39 nitrogen and oxygen atoms in total. The topological polar surface area (TPSA) is 633 Å². The number of guanidine groups is 1. The number of rotatable bonds is 48. The van der Waals surface area contributed by atoms with Crippen LogP contribution in [0.1, 0.15) is 117 Å². The van der Waals surface area contributed by atoms with Gasteiger partial charge in [0.25, 0.3) is 0 Å². The predicted molar refractivity (Wildman–Crippen MR) is 432 cm³/mol. The maximum atomic E-state index is 15.8. The first-order valence-electron chi connectivity index (χ1n) is 37.9. The SMILES string of the molecule is CC[C@H](C)[C@H](NC(=O)[C@@H](N)CCCNC(=N)N)C(=O)N[C@@H](CC(N)=O)C(=O)N[C@@H](CC(N)=O)C(=O)N[C@H](C(=O)N1C[C@@H](n2cc(-c3cccc4ccccc34)nn2)C[C@H]1C(=O)N[C@@H](Cc1c[nH]c2ccccc12)C(=O)N[C@@H](CO)C(=O)N[C@@H](CCC(=O)O)C(=O)N[C@@H](C)C(=O)N[C@@H](CCSC)C(=O)N[C@@H](CCSC)C(N)=O)[C@@H](C)CC. The van der Waals surface area contributed by atoms with Crippen LogP contribution in [0.3, 0.4) is 0 Å². The highest BCUT2D eigenvalue weighted by Crippen LogP contribution is 2.33. The number of carbonyl (C=O) groups is 15. The molecule has 116 heavy (non-hydrogen) atoms. The molecule has 632 valence electrons. The van der Waals surface area contributed by atoms with Gasteiger partial charge in [-0.2, -0.15) is 23.5 Å². The van der Waals surface area contributed by atoms with Crippen LogP contribution in [0.4, 0.5) is 0 Å². The zero-order valence-corrected chi connectivity index (χ0v) is 67.3. The molecule has 3 heterocycles. The van der Waals surface area contributed by atoms with E-state index in [1.54, 1.807) is 76.9 Å². The van der Waals surface area contributed by atoms with Gasteiger partial charge in [-0.05, 0) is 97.3 Å². The molecule has 1 saturated heterocycles. The van der Waals surface area contributed by atoms with Gasteiger partial charge >= 0.3 is 5.97 Å². The van der Waals surface area contributed by atoms with Crippen molar-refractivity contribution in [3.05, 3.63) is 84.7 Å². The number of carbonyl (C=O) groups excluding carboxylic acids is 14. The normalized spacial score (nSPS) is 16.6. The van der Waals surface area contributed by atoms with Crippen molar-refractivity contribution in [2.24, 2.45) is 40.5 Å². The van der Waals surface area contributed by atoms with E-state index in [9.17, 15) is 67.7 Å². The van der Waals surface area contributed by atoms with Crippen LogP contribution in [-0.4, -0.2) is 246 Å². The number of amides is 14. The molecule has 0 unspecified atom stereocenters. The highest BCUT2D eigenvalue weighted by Gasteiger charge is 2.46. The van der Waals surface area contributed by atoms with Gasteiger partial charge in [0.1, 0.15) is 72.2 Å². The second-order valence-electron chi connectivity index (χ2n) is 28.5. The molecule has 1 aliphatic rings. The number of benzene rings is 3. The van der Waals surface area contributed by atoms with Crippen LogP contribution in [0.15, 0.2) is 79.1 Å². The lowest BCUT2D eigenvalue weighted by molar-refractivity contribution is -0.144. The smallest absolute Gasteiger partial charge is 0.303 e. The molecule has 3 aromatic carbocycles. The molecule has 0 bridgehead atoms. The first kappa shape index (κ1) is 93.4. The Balaban J connectivity index is 1.31. The third-order valence-electron chi connectivity index (χ3n) is 19.9. The number of para-hydroxylation sites is 1. The molecule has 1 aliphatic heterocycles. The molecule has 15 atom stereocenters. The van der Waals surface area contributed by atoms with Crippen molar-refractivity contribution >= 4 is 140 Å². The predicted octanol–water partition coefficient (Wildman–Crippen LogP) is -2.89. The molecule has 14 amide bonds. The van der Waals surface area contributed by atoms with Gasteiger partial charge in [-0.1, -0.05) is 106 Å². The van der Waals surface area contributed by atoms with Gasteiger partial charge in [0, 0.05) is 55.0 Å². The molecule has 6 rings (SSSR count). The van der Waals surface area contributed by atoms with Gasteiger partial charge < -0.3 is 107 Å². The summed E-state index contributed by atoms with van der Waals surface area (Å²) in [5, 5.41) is 67.0. The fourth-order valence-electron chi connectivity index (χ4n) is 12.9. The number of likely N-dealkylation sites (tertiary alicyclic amines) is 1. The van der Waals surface area contributed by atoms with Crippen molar-refractivity contribution in [2.75, 3.05) is 43.7 Å². The fraction of sp³-hybridized carbons (Fsp3) is 0.520. The van der Waals surface area contributed by atoms with Gasteiger partial charge in [-0.15, -0.1) is 5.10 Å². The number of aromatic amines is 1. The number of nitrogens with one attached hydrogen (secondary N) is 13. The third-order valence-corrected chi connectivity index (χ3v) is 21.2. The summed E-state index contributed by atoms with van der Waals surface area (Å²) in [6.45, 7) is 6.61. The van der Waals surface area contributed by atoms with Crippen LogP contribution < -0.4 is 87.2 Å². The summed E-state index contributed by atoms with van der Waals surface area (Å²) < 4.78 is 1.45. The van der Waals surface area contributed by atoms with Gasteiger partial charge in [-0.3, -0.25) is 77.3 Å². The summed E-state index contributed by atoms with van der Waals surface area (Å²) >= 11 is 2.77. The Hall–Kier alpha value is -11.5. The Morgan fingerprint density at radius 3 is 1.74 bits per heavy atom. The number of aromatic nitrogens is 4. The second kappa shape index (κ2) is 45.6. The summed E-state index contributed by atoms with van der Waals surface area (Å²) in [6.07, 6.45) is 4.24. The number of carboxylic acid groups (broad SMARTS) is 1. The van der Waals surface area contributed by atoms with E-state index in [0.717, 1.165) is 15.7 Å². The van der Waals surface area contributed by atoms with Crippen LogP contribution in [0.5, 0.6) is 0 Å². The largest absolute Gasteiger partial charge is 0.481 e. The van der Waals surface area contributed by atoms with Crippen LogP contribution >= 0.6 is 23.5 Å². The molecule has 2 aromatic heterocycles. The van der Waals surface area contributed by atoms with Crippen molar-refractivity contribution in [1.82, 2.24) is 83.4 Å². The minimum Gasteiger partial charge on any atom is -0.481 e. The quantitative estimate of drug-likeness (QED) is 0.0106. The summed E-state index contributed by atoms with van der Waals surface area (Å²) in [5.74, 6) is -16.3. The van der Waals surface area contributed by atoms with E-state index in [0.29, 0.717) is 52.1 Å². The van der Waals surface area contributed by atoms with Crippen LogP contribution in [-0.2, 0) is 78.3 Å². The highest BCUT2D eigenvalue weighted by atomic mass is 32.2. The van der Waals surface area contributed by atoms with Crippen molar-refractivity contribution < 1.29 is 82.1 Å². The number of hydrogen-bond acceptors (Lipinski definition) is 22. The average molecular weight is 1650 g/mol. The number of aliphatic hydroxyl groups is 1. The summed E-state index contributed by atoms with van der Waals surface area (Å²) in [4.78, 5) is 213. The number of nitrogens with zero attached hydrogens (tertiary/aromatic N) is 4. The zero-order valence-electron chi connectivity index (χ0n) is 65.7. The standard InChI is InChI=1S/C75H108N22O17S2/c1-8-38(3)61(92-65(105)47(76)21-15-27-82-75(80)81)73(113)90-53(32-58(77)99)69(109)88-54(33-59(78)100)70(110)93-62(39(4)9-2)74(114)96-35-43(97-36-55(94-95-97)46-20-14-17-41-16-10-11-18-44(41)46)31-57(96)72(112)89-52(30-42-34-83-48-22-13-12-19-45(42)48)68(108)91-56(37-98)71(111)87-50(23-24-60(101)102)66(106)84-40(5)64(104)86-51(26-29-116-7)67(107)85-49(63(79)103)25-28-115-6/h10-14,16-20,22,34,36,38-40,43,47,49-54,56-57,61-62,83,98H,8-9,15,21,23-33,35,37,76H2,1-7H3,(H2,77,99)(H2,78,100)(H2,79,103)(H,84,106)(H,85,107)(H,86,104)(H,87,111)(H,88,109)(H,89,112)(H,90,113)(H,91,108)(H,92,105)(H,93,110)(H,101,102)(H4,80,81,82)/t38-,39-,40-,43-,47-,49-,50-,51-,52-,53-,54-,56-,57-,61-,62-/m0/s1. The number of nitrogens with two attached hydrogens (primary N) is 5. The van der Waals surface area contributed by atoms with Crippen molar-refractivity contribution in [1.29, 1.82) is 5.41 Å². The maximum Gasteiger partial charge on any atom is 0.303 e. The Kier molecular flexibility index (Phi) is 36.7. The maximum absolute atomic E-state index is 15.8. The molecule has 41 heteroatoms. The monoisotopic (exact) mass is 1650 g/mol. The van der Waals surface area contributed by atoms with Crippen molar-refractivity contribution in [3.63, 3.8) is 0 Å². The van der Waals surface area contributed by atoms with E-state index in [1.165, 1.54) is 35.1 Å². The number of primary amides is 3. The van der Waals surface area contributed by atoms with Crippen LogP contribution in [0, 0.1) is 17.2 Å². The van der Waals surface area contributed by atoms with Crippen LogP contribution in [0.25, 0.3) is 32.9 Å². The molecular weight excluding hydrogens is 1550 g/mol. The average Bonchev–Trinajstić information content (AvgIpc) is 1.62. The third kappa shape index (κ3) is 27.4. The number of carboxylic acids is 1. The van der Waals surface area contributed by atoms with E-state index in [2.05, 4.69) is 73.8 Å². The molecule has 0 spiro atoms. The second-order valence-corrected chi connectivity index (χ2v) is 30.5. The molecule has 1 fully saturated rings. The van der Waals surface area contributed by atoms with Gasteiger partial charge in [-0.25, -0.2) is 4.68 Å². The van der Waals surface area contributed by atoms with Crippen molar-refractivity contribution in [2.45, 2.75) is 190 Å². The van der Waals surface area contributed by atoms with E-state index in [-0.39, 0.29) is 57.6 Å². The number of thioether (sulfide) groups is 2. The Bertz CT molecular complexity index is 4330. The van der Waals surface area contributed by atoms with E-state index in [1.807, 2.05) is 42.5 Å². The Morgan fingerprint density at radius 2 is 1.12 bits per heavy atom. The molecule has 25 N–H and O–H groups in total. The fourth-order valence-corrected chi connectivity index (χ4v) is 13.8. The lowest BCUT2D eigenvalue weighted by atomic mass is 9.96. The zero-order chi connectivity index (χ0) is 85.6. The summed E-state index contributed by atoms with van der Waals surface area (Å²) in [6, 6.07) is 0.592. The lowest BCUT2D eigenvalue weighted by Gasteiger charge is -2.33. The Morgan fingerprint density at radius 1 is 0.595 bits per heavy atom. The molecular formula is C75H108N22O17S2. The van der Waals surface area contributed by atoms with E-state index >= 15 is 14.4 Å². The lowest BCUT2D eigenvalue weighted by Crippen LogP contribution is -2.62. The first-order valence-corrected chi connectivity index (χ1v) is 40.7. The van der Waals surface area contributed by atoms with E-state index in [4.69, 9.17) is 34.1 Å². The van der Waals surface area contributed by atoms with Gasteiger partial charge in [0.05, 0.1) is 37.7 Å². The van der Waals surface area contributed by atoms with Crippen LogP contribution in [0.2, 0.25) is 0 Å². The molecule has 0 saturated carbocycles. The molecule has 0 radical (unpaired) electrons. The number of aliphatic carboxylic acids is 1. The first-order chi connectivity index (χ1) is 55.1. The summed E-state index contributed by atoms with van der Waals surface area (Å²) in [5.41, 5.74) is 30.5. The number of aliphatic hydroxyl groups excluding tert-OH is 1. The van der Waals surface area contributed by atoms with Gasteiger partial charge in [0.15, 0.2) is 5.96 Å². The minimum absolute atomic E-state index is 0.0874. The minimum atomic E-state index is -1.94. The number of fused-ring (bicyclic) bond motifs is 2. The van der Waals surface area contributed by atoms with Gasteiger partial charge in [0.2, 0.25) is 82.7 Å². The van der Waals surface area contributed by atoms with Crippen molar-refractivity contribution in [3.8, 4) is 11.3 Å². The number of H-pyrrole nitrogens is 1. The summed E-state index contributed by atoms with van der Waals surface area (Å²) in [7, 11) is 0. The number of hydrogen-bond donors (Lipinski definition) is 20. The van der Waals surface area contributed by atoms with E-state index < -0.39 is 211 Å². The highest BCUT2D eigenvalue weighted by molar-refractivity contribution is 7.98.